The van der Waals surface area contributed by atoms with Crippen molar-refractivity contribution in [1.82, 2.24) is 9.78 Å². The summed E-state index contributed by atoms with van der Waals surface area (Å²) in [5.41, 5.74) is 3.58. The lowest BCUT2D eigenvalue weighted by Crippen LogP contribution is -2.05. The molecule has 3 nitrogen and oxygen atoms in total. The highest BCUT2D eigenvalue weighted by Gasteiger charge is 2.18. The molecule has 0 saturated carbocycles. The summed E-state index contributed by atoms with van der Waals surface area (Å²) < 4.78 is 1.87. The number of thiophene rings is 1. The predicted octanol–water partition coefficient (Wildman–Crippen LogP) is 3.34. The summed E-state index contributed by atoms with van der Waals surface area (Å²) >= 11 is 1.81. The molecular weight excluding hydrogens is 268 g/mol. The molecule has 0 bridgehead atoms. The molecule has 4 heteroatoms. The Hall–Kier alpha value is -1.13. The average molecular weight is 290 g/mol. The summed E-state index contributed by atoms with van der Waals surface area (Å²) in [7, 11) is 1.94. The molecule has 0 saturated heterocycles. The van der Waals surface area contributed by atoms with Crippen molar-refractivity contribution in [1.29, 1.82) is 0 Å². The van der Waals surface area contributed by atoms with Gasteiger partial charge >= 0.3 is 0 Å². The normalized spacial score (nSPS) is 16.8. The fraction of sp³-hybridized carbons (Fsp3) is 0.562. The Morgan fingerprint density at radius 3 is 2.85 bits per heavy atom. The van der Waals surface area contributed by atoms with Crippen LogP contribution in [0.2, 0.25) is 0 Å². The van der Waals surface area contributed by atoms with Crippen molar-refractivity contribution in [3.63, 3.8) is 0 Å². The van der Waals surface area contributed by atoms with E-state index in [0.29, 0.717) is 6.42 Å². The number of hydrogen-bond acceptors (Lipinski definition) is 3. The van der Waals surface area contributed by atoms with E-state index >= 15 is 0 Å². The van der Waals surface area contributed by atoms with Gasteiger partial charge in [0.25, 0.3) is 0 Å². The van der Waals surface area contributed by atoms with Gasteiger partial charge in [0, 0.05) is 28.9 Å². The van der Waals surface area contributed by atoms with Crippen LogP contribution in [0.3, 0.4) is 0 Å². The van der Waals surface area contributed by atoms with Gasteiger partial charge in [0.15, 0.2) is 0 Å². The summed E-state index contributed by atoms with van der Waals surface area (Å²) in [6.07, 6.45) is 6.55. The van der Waals surface area contributed by atoms with Gasteiger partial charge in [-0.15, -0.1) is 11.3 Å². The molecule has 1 N–H and O–H groups in total. The van der Waals surface area contributed by atoms with Crippen molar-refractivity contribution in [2.24, 2.45) is 7.05 Å². The highest BCUT2D eigenvalue weighted by atomic mass is 32.1. The van der Waals surface area contributed by atoms with Crippen LogP contribution in [0.1, 0.15) is 52.1 Å². The fourth-order valence-corrected chi connectivity index (χ4v) is 4.25. The van der Waals surface area contributed by atoms with E-state index in [4.69, 9.17) is 0 Å². The molecule has 2 heterocycles. The molecular formula is C16H22N2OS. The van der Waals surface area contributed by atoms with Crippen molar-refractivity contribution in [2.75, 3.05) is 0 Å². The zero-order valence-electron chi connectivity index (χ0n) is 12.2. The zero-order chi connectivity index (χ0) is 14.1. The highest BCUT2D eigenvalue weighted by Crippen LogP contribution is 2.33. The van der Waals surface area contributed by atoms with Gasteiger partial charge in [-0.3, -0.25) is 4.68 Å². The lowest BCUT2D eigenvalue weighted by molar-refractivity contribution is 0.179. The van der Waals surface area contributed by atoms with Gasteiger partial charge in [-0.05, 0) is 50.3 Å². The molecule has 0 fully saturated rings. The largest absolute Gasteiger partial charge is 0.387 e. The summed E-state index contributed by atoms with van der Waals surface area (Å²) in [5.74, 6) is 0. The molecule has 1 unspecified atom stereocenters. The number of fused-ring (bicyclic) bond motifs is 1. The smallest absolute Gasteiger partial charge is 0.0937 e. The Labute approximate surface area is 124 Å². The lowest BCUT2D eigenvalue weighted by atomic mass is 10.1. The minimum Gasteiger partial charge on any atom is -0.387 e. The summed E-state index contributed by atoms with van der Waals surface area (Å²) in [5, 5.41) is 14.8. The van der Waals surface area contributed by atoms with E-state index in [0.717, 1.165) is 16.3 Å². The van der Waals surface area contributed by atoms with Gasteiger partial charge < -0.3 is 5.11 Å². The molecule has 1 aliphatic carbocycles. The minimum atomic E-state index is -0.401. The third kappa shape index (κ3) is 2.81. The zero-order valence-corrected chi connectivity index (χ0v) is 13.0. The summed E-state index contributed by atoms with van der Waals surface area (Å²) in [6, 6.07) is 4.29. The van der Waals surface area contributed by atoms with Gasteiger partial charge in [0.2, 0.25) is 0 Å². The maximum atomic E-state index is 10.5. The van der Waals surface area contributed by atoms with Crippen molar-refractivity contribution in [3.05, 3.63) is 38.8 Å². The van der Waals surface area contributed by atoms with E-state index in [1.165, 1.54) is 42.5 Å². The molecule has 0 aromatic carbocycles. The first-order chi connectivity index (χ1) is 9.63. The van der Waals surface area contributed by atoms with Crippen LogP contribution in [-0.4, -0.2) is 14.9 Å². The third-order valence-electron chi connectivity index (χ3n) is 4.10. The minimum absolute atomic E-state index is 0.401. The maximum Gasteiger partial charge on any atom is 0.0937 e. The van der Waals surface area contributed by atoms with Crippen LogP contribution >= 0.6 is 11.3 Å². The summed E-state index contributed by atoms with van der Waals surface area (Å²) in [4.78, 5) is 2.62. The topological polar surface area (TPSA) is 38.0 Å². The predicted molar refractivity (Wildman–Crippen MR) is 82.2 cm³/mol. The van der Waals surface area contributed by atoms with Gasteiger partial charge in [-0.1, -0.05) is 6.42 Å². The van der Waals surface area contributed by atoms with Crippen LogP contribution in [0.5, 0.6) is 0 Å². The molecule has 1 aliphatic rings. The number of aliphatic hydroxyl groups excluding tert-OH is 1. The second kappa shape index (κ2) is 5.70. The van der Waals surface area contributed by atoms with Gasteiger partial charge in [0.05, 0.1) is 11.8 Å². The van der Waals surface area contributed by atoms with Gasteiger partial charge in [-0.25, -0.2) is 0 Å². The van der Waals surface area contributed by atoms with Crippen molar-refractivity contribution in [3.8, 4) is 0 Å². The molecule has 0 amide bonds. The number of aliphatic hydroxyl groups is 1. The quantitative estimate of drug-likeness (QED) is 0.881. The molecule has 20 heavy (non-hydrogen) atoms. The van der Waals surface area contributed by atoms with Gasteiger partial charge in [0.1, 0.15) is 0 Å². The first kappa shape index (κ1) is 13.8. The second-order valence-corrected chi connectivity index (χ2v) is 6.95. The number of aryl methyl sites for hydroxylation is 4. The fourth-order valence-electron chi connectivity index (χ4n) is 3.01. The number of aromatic nitrogens is 2. The molecule has 0 radical (unpaired) electrons. The van der Waals surface area contributed by atoms with Crippen LogP contribution in [0.4, 0.5) is 0 Å². The number of rotatable bonds is 3. The highest BCUT2D eigenvalue weighted by molar-refractivity contribution is 7.12. The molecule has 108 valence electrons. The monoisotopic (exact) mass is 290 g/mol. The van der Waals surface area contributed by atoms with E-state index in [1.54, 1.807) is 0 Å². The van der Waals surface area contributed by atoms with Crippen molar-refractivity contribution >= 4 is 11.3 Å². The first-order valence-corrected chi connectivity index (χ1v) is 8.24. The Morgan fingerprint density at radius 2 is 2.10 bits per heavy atom. The van der Waals surface area contributed by atoms with Crippen molar-refractivity contribution in [2.45, 2.75) is 51.6 Å². The van der Waals surface area contributed by atoms with E-state index in [9.17, 15) is 5.11 Å². The van der Waals surface area contributed by atoms with E-state index in [-0.39, 0.29) is 0 Å². The van der Waals surface area contributed by atoms with Crippen molar-refractivity contribution < 1.29 is 5.11 Å². The van der Waals surface area contributed by atoms with Crippen LogP contribution in [0.25, 0.3) is 0 Å². The van der Waals surface area contributed by atoms with Crippen LogP contribution in [0.15, 0.2) is 12.1 Å². The molecule has 2 aromatic rings. The molecule has 0 spiro atoms. The Kier molecular flexibility index (Phi) is 3.94. The Morgan fingerprint density at radius 1 is 1.30 bits per heavy atom. The standard InChI is InChI=1S/C16H22N2OS/c1-11-8-13(18(2)17-11)10-14(19)16-9-12-6-4-3-5-7-15(12)20-16/h8-9,14,19H,3-7,10H2,1-2H3. The SMILES string of the molecule is Cc1cc(CC(O)c2cc3c(s2)CCCCC3)n(C)n1. The second-order valence-electron chi connectivity index (χ2n) is 5.78. The molecule has 3 rings (SSSR count). The van der Waals surface area contributed by atoms with Crippen LogP contribution in [-0.2, 0) is 26.3 Å². The summed E-state index contributed by atoms with van der Waals surface area (Å²) in [6.45, 7) is 1.99. The van der Waals surface area contributed by atoms with E-state index in [1.807, 2.05) is 30.0 Å². The molecule has 1 atom stereocenters. The Bertz CT molecular complexity index is 576. The Balaban J connectivity index is 1.77. The average Bonchev–Trinajstić information content (AvgIpc) is 2.86. The van der Waals surface area contributed by atoms with E-state index in [2.05, 4.69) is 17.2 Å². The van der Waals surface area contributed by atoms with Crippen LogP contribution < -0.4 is 0 Å². The van der Waals surface area contributed by atoms with E-state index < -0.39 is 6.10 Å². The molecule has 0 aliphatic heterocycles. The number of nitrogens with zero attached hydrogens (tertiary/aromatic N) is 2. The maximum absolute atomic E-state index is 10.5. The lowest BCUT2D eigenvalue weighted by Gasteiger charge is -2.08. The third-order valence-corrected chi connectivity index (χ3v) is 5.43. The first-order valence-electron chi connectivity index (χ1n) is 7.42. The van der Waals surface area contributed by atoms with Gasteiger partial charge in [-0.2, -0.15) is 5.10 Å². The van der Waals surface area contributed by atoms with Crippen LogP contribution in [0, 0.1) is 6.92 Å². The molecule has 2 aromatic heterocycles. The number of hydrogen-bond donors (Lipinski definition) is 1.